The van der Waals surface area contributed by atoms with E-state index >= 15 is 0 Å². The summed E-state index contributed by atoms with van der Waals surface area (Å²) in [6, 6.07) is 15.5. The third kappa shape index (κ3) is 4.07. The third-order valence-corrected chi connectivity index (χ3v) is 3.29. The smallest absolute Gasteiger partial charge is 0.248 e. The van der Waals surface area contributed by atoms with Gasteiger partial charge in [0.25, 0.3) is 0 Å². The molecule has 1 N–H and O–H groups in total. The van der Waals surface area contributed by atoms with Crippen LogP contribution in [0.4, 0.5) is 5.69 Å². The normalized spacial score (nSPS) is 10.6. The Morgan fingerprint density at radius 2 is 1.95 bits per heavy atom. The van der Waals surface area contributed by atoms with Crippen molar-refractivity contribution in [3.05, 3.63) is 70.2 Å². The Bertz CT molecular complexity index is 620. The third-order valence-electron chi connectivity index (χ3n) is 2.60. The van der Waals surface area contributed by atoms with Crippen LogP contribution in [-0.4, -0.2) is 5.91 Å². The zero-order valence-electron chi connectivity index (χ0n) is 10.6. The molecule has 96 valence electrons. The number of aryl methyl sites for hydroxylation is 1. The molecular weight excluding hydrogens is 302 g/mol. The van der Waals surface area contributed by atoms with E-state index in [1.54, 1.807) is 6.08 Å². The van der Waals surface area contributed by atoms with Crippen LogP contribution in [0.1, 0.15) is 11.1 Å². The van der Waals surface area contributed by atoms with Crippen molar-refractivity contribution in [3.63, 3.8) is 0 Å². The maximum Gasteiger partial charge on any atom is 0.248 e. The summed E-state index contributed by atoms with van der Waals surface area (Å²) in [6.07, 6.45) is 3.34. The minimum Gasteiger partial charge on any atom is -0.321 e. The quantitative estimate of drug-likeness (QED) is 0.835. The SMILES string of the molecule is Cc1cccc(/C=C/C(=O)Nc2ccccc2Br)c1. The van der Waals surface area contributed by atoms with Gasteiger partial charge >= 0.3 is 0 Å². The van der Waals surface area contributed by atoms with Gasteiger partial charge in [0.05, 0.1) is 5.69 Å². The molecule has 2 aromatic rings. The monoisotopic (exact) mass is 315 g/mol. The number of hydrogen-bond acceptors (Lipinski definition) is 1. The number of rotatable bonds is 3. The summed E-state index contributed by atoms with van der Waals surface area (Å²) in [4.78, 5) is 11.8. The molecule has 1 amide bonds. The highest BCUT2D eigenvalue weighted by Gasteiger charge is 2.01. The molecule has 0 unspecified atom stereocenters. The Labute approximate surface area is 121 Å². The highest BCUT2D eigenvalue weighted by Crippen LogP contribution is 2.21. The van der Waals surface area contributed by atoms with Crippen LogP contribution in [0.3, 0.4) is 0 Å². The number of para-hydroxylation sites is 1. The molecule has 0 aliphatic heterocycles. The van der Waals surface area contributed by atoms with Gasteiger partial charge in [0.1, 0.15) is 0 Å². The first-order chi connectivity index (χ1) is 9.15. The van der Waals surface area contributed by atoms with Crippen LogP contribution in [0.25, 0.3) is 6.08 Å². The van der Waals surface area contributed by atoms with Gasteiger partial charge in [-0.15, -0.1) is 0 Å². The lowest BCUT2D eigenvalue weighted by Gasteiger charge is -2.04. The number of benzene rings is 2. The highest BCUT2D eigenvalue weighted by atomic mass is 79.9. The van der Waals surface area contributed by atoms with Crippen LogP contribution in [0, 0.1) is 6.92 Å². The molecule has 0 aliphatic carbocycles. The lowest BCUT2D eigenvalue weighted by molar-refractivity contribution is -0.111. The fraction of sp³-hybridized carbons (Fsp3) is 0.0625. The van der Waals surface area contributed by atoms with E-state index in [0.29, 0.717) is 0 Å². The van der Waals surface area contributed by atoms with Crippen LogP contribution >= 0.6 is 15.9 Å². The van der Waals surface area contributed by atoms with Crippen molar-refractivity contribution in [2.75, 3.05) is 5.32 Å². The summed E-state index contributed by atoms with van der Waals surface area (Å²) in [6.45, 7) is 2.03. The summed E-state index contributed by atoms with van der Waals surface area (Å²) in [5.74, 6) is -0.145. The molecule has 0 aromatic heterocycles. The minimum atomic E-state index is -0.145. The first kappa shape index (κ1) is 13.6. The average molecular weight is 316 g/mol. The van der Waals surface area contributed by atoms with E-state index in [4.69, 9.17) is 0 Å². The molecule has 0 bridgehead atoms. The number of nitrogens with one attached hydrogen (secondary N) is 1. The Morgan fingerprint density at radius 3 is 2.68 bits per heavy atom. The molecule has 19 heavy (non-hydrogen) atoms. The molecule has 0 spiro atoms. The Hall–Kier alpha value is -1.87. The van der Waals surface area contributed by atoms with Crippen molar-refractivity contribution >= 4 is 33.6 Å². The van der Waals surface area contributed by atoms with Gasteiger partial charge in [0.2, 0.25) is 5.91 Å². The van der Waals surface area contributed by atoms with Gasteiger partial charge in [-0.2, -0.15) is 0 Å². The Balaban J connectivity index is 2.04. The molecule has 2 aromatic carbocycles. The van der Waals surface area contributed by atoms with E-state index in [0.717, 1.165) is 15.7 Å². The molecule has 0 saturated heterocycles. The molecule has 0 saturated carbocycles. The number of carbonyl (C=O) groups is 1. The second-order valence-corrected chi connectivity index (χ2v) is 5.07. The second kappa shape index (κ2) is 6.34. The van der Waals surface area contributed by atoms with E-state index in [1.807, 2.05) is 55.5 Å². The van der Waals surface area contributed by atoms with Crippen LogP contribution in [0.15, 0.2) is 59.1 Å². The largest absolute Gasteiger partial charge is 0.321 e. The fourth-order valence-corrected chi connectivity index (χ4v) is 2.07. The summed E-state index contributed by atoms with van der Waals surface area (Å²) >= 11 is 3.39. The van der Waals surface area contributed by atoms with Gasteiger partial charge in [0, 0.05) is 10.5 Å². The molecule has 0 atom stereocenters. The number of halogens is 1. The molecule has 2 nitrogen and oxygen atoms in total. The van der Waals surface area contributed by atoms with E-state index in [1.165, 1.54) is 11.6 Å². The predicted molar refractivity (Wildman–Crippen MR) is 83.0 cm³/mol. The number of anilines is 1. The average Bonchev–Trinajstić information content (AvgIpc) is 2.39. The highest BCUT2D eigenvalue weighted by molar-refractivity contribution is 9.10. The molecule has 0 fully saturated rings. The van der Waals surface area contributed by atoms with Crippen molar-refractivity contribution in [1.29, 1.82) is 0 Å². The number of carbonyl (C=O) groups excluding carboxylic acids is 1. The molecule has 0 radical (unpaired) electrons. The predicted octanol–water partition coefficient (Wildman–Crippen LogP) is 4.41. The first-order valence-corrected chi connectivity index (χ1v) is 6.75. The zero-order valence-corrected chi connectivity index (χ0v) is 12.1. The molecular formula is C16H14BrNO. The van der Waals surface area contributed by atoms with Gasteiger partial charge in [-0.1, -0.05) is 42.0 Å². The topological polar surface area (TPSA) is 29.1 Å². The molecule has 0 aliphatic rings. The van der Waals surface area contributed by atoms with Gasteiger partial charge < -0.3 is 5.32 Å². The second-order valence-electron chi connectivity index (χ2n) is 4.22. The zero-order chi connectivity index (χ0) is 13.7. The fourth-order valence-electron chi connectivity index (χ4n) is 1.68. The van der Waals surface area contributed by atoms with Gasteiger partial charge in [-0.25, -0.2) is 0 Å². The Kier molecular flexibility index (Phi) is 4.53. The van der Waals surface area contributed by atoms with Crippen LogP contribution in [0.2, 0.25) is 0 Å². The van der Waals surface area contributed by atoms with E-state index in [-0.39, 0.29) is 5.91 Å². The summed E-state index contributed by atoms with van der Waals surface area (Å²) in [7, 11) is 0. The summed E-state index contributed by atoms with van der Waals surface area (Å²) < 4.78 is 0.868. The van der Waals surface area contributed by atoms with E-state index in [2.05, 4.69) is 21.2 Å². The Morgan fingerprint density at radius 1 is 1.16 bits per heavy atom. The maximum atomic E-state index is 11.8. The summed E-state index contributed by atoms with van der Waals surface area (Å²) in [5.41, 5.74) is 2.96. The van der Waals surface area contributed by atoms with E-state index < -0.39 is 0 Å². The number of hydrogen-bond donors (Lipinski definition) is 1. The van der Waals surface area contributed by atoms with Crippen molar-refractivity contribution in [2.45, 2.75) is 6.92 Å². The minimum absolute atomic E-state index is 0.145. The van der Waals surface area contributed by atoms with Crippen LogP contribution < -0.4 is 5.32 Å². The lowest BCUT2D eigenvalue weighted by atomic mass is 10.1. The maximum absolute atomic E-state index is 11.8. The lowest BCUT2D eigenvalue weighted by Crippen LogP contribution is -2.07. The van der Waals surface area contributed by atoms with Crippen molar-refractivity contribution < 1.29 is 4.79 Å². The first-order valence-electron chi connectivity index (χ1n) is 5.95. The van der Waals surface area contributed by atoms with Gasteiger partial charge in [-0.05, 0) is 46.6 Å². The van der Waals surface area contributed by atoms with Crippen LogP contribution in [0.5, 0.6) is 0 Å². The van der Waals surface area contributed by atoms with Gasteiger partial charge in [-0.3, -0.25) is 4.79 Å². The van der Waals surface area contributed by atoms with Crippen molar-refractivity contribution in [2.24, 2.45) is 0 Å². The standard InChI is InChI=1S/C16H14BrNO/c1-12-5-4-6-13(11-12)9-10-16(19)18-15-8-3-2-7-14(15)17/h2-11H,1H3,(H,18,19)/b10-9+. The van der Waals surface area contributed by atoms with E-state index in [9.17, 15) is 4.79 Å². The molecule has 0 heterocycles. The molecule has 3 heteroatoms. The van der Waals surface area contributed by atoms with Gasteiger partial charge in [0.15, 0.2) is 0 Å². The number of amides is 1. The van der Waals surface area contributed by atoms with Crippen molar-refractivity contribution in [1.82, 2.24) is 0 Å². The molecule has 2 rings (SSSR count). The van der Waals surface area contributed by atoms with Crippen molar-refractivity contribution in [3.8, 4) is 0 Å². The summed E-state index contributed by atoms with van der Waals surface area (Å²) in [5, 5.41) is 2.82. The van der Waals surface area contributed by atoms with Crippen LogP contribution in [-0.2, 0) is 4.79 Å².